The maximum Gasteiger partial charge on any atom is 0.0114 e. The van der Waals surface area contributed by atoms with Crippen LogP contribution in [0.1, 0.15) is 64.3 Å². The highest BCUT2D eigenvalue weighted by atomic mass is 32.1. The summed E-state index contributed by atoms with van der Waals surface area (Å²) in [7, 11) is 0. The molecule has 0 bridgehead atoms. The minimum Gasteiger partial charge on any atom is -0.148 e. The maximum absolute atomic E-state index is 4.13. The summed E-state index contributed by atoms with van der Waals surface area (Å²) in [6.07, 6.45) is 3.50. The molecule has 0 fully saturated rings. The molecule has 0 spiro atoms. The average molecular weight is 329 g/mol. The van der Waals surface area contributed by atoms with Gasteiger partial charge in [-0.15, -0.1) is 17.9 Å². The second-order valence-corrected chi connectivity index (χ2v) is 7.42. The molecule has 0 saturated heterocycles. The number of benzene rings is 1. The van der Waals surface area contributed by atoms with E-state index in [0.717, 1.165) is 6.42 Å². The molecule has 1 aromatic carbocycles. The Morgan fingerprint density at radius 2 is 1.87 bits per heavy atom. The molecular formula is C22H32S. The molecule has 2 rings (SSSR count). The third-order valence-electron chi connectivity index (χ3n) is 4.04. The lowest BCUT2D eigenvalue weighted by molar-refractivity contribution is 0.433. The summed E-state index contributed by atoms with van der Waals surface area (Å²) in [6, 6.07) is 11.1. The Bertz CT molecular complexity index is 620. The van der Waals surface area contributed by atoms with Crippen LogP contribution >= 0.6 is 11.3 Å². The fraction of sp³-hybridized carbons (Fsp3) is 0.455. The molecule has 0 radical (unpaired) electrons. The monoisotopic (exact) mass is 328 g/mol. The second kappa shape index (κ2) is 9.08. The van der Waals surface area contributed by atoms with Crippen molar-refractivity contribution < 1.29 is 0 Å². The van der Waals surface area contributed by atoms with E-state index in [1.165, 1.54) is 40.0 Å². The van der Waals surface area contributed by atoms with Gasteiger partial charge in [-0.05, 0) is 49.3 Å². The van der Waals surface area contributed by atoms with Gasteiger partial charge in [0.25, 0.3) is 0 Å². The Kier molecular flexibility index (Phi) is 7.78. The van der Waals surface area contributed by atoms with Crippen LogP contribution in [0, 0.1) is 6.92 Å². The summed E-state index contributed by atoms with van der Waals surface area (Å²) in [5.74, 6) is 0. The van der Waals surface area contributed by atoms with Crippen LogP contribution in [0.2, 0.25) is 0 Å². The standard InChI is InChI=1S/C20H26S.C2H6/c1-6-10-20(5,13-15(2)3)19-12-18(14-21-19)17-9-7-8-16(4)11-17;1-2/h7-9,11-12,14H,2,6,10,13H2,1,3-5H3;1-2H3/t20-;/m0./s1. The molecule has 0 aliphatic carbocycles. The first-order valence-electron chi connectivity index (χ1n) is 8.75. The highest BCUT2D eigenvalue weighted by Gasteiger charge is 2.27. The molecule has 1 heterocycles. The molecule has 2 aromatic rings. The van der Waals surface area contributed by atoms with Gasteiger partial charge in [0.1, 0.15) is 0 Å². The van der Waals surface area contributed by atoms with Gasteiger partial charge in [-0.2, -0.15) is 0 Å². The summed E-state index contributed by atoms with van der Waals surface area (Å²) >= 11 is 1.90. The fourth-order valence-electron chi connectivity index (χ4n) is 3.15. The Morgan fingerprint density at radius 1 is 1.17 bits per heavy atom. The predicted octanol–water partition coefficient (Wildman–Crippen LogP) is 7.77. The van der Waals surface area contributed by atoms with Gasteiger partial charge in [-0.3, -0.25) is 0 Å². The minimum atomic E-state index is 0.229. The van der Waals surface area contributed by atoms with Crippen molar-refractivity contribution in [2.45, 2.75) is 66.2 Å². The Balaban J connectivity index is 0.00000127. The lowest BCUT2D eigenvalue weighted by Gasteiger charge is -2.28. The molecule has 1 atom stereocenters. The van der Waals surface area contributed by atoms with Crippen LogP contribution in [-0.2, 0) is 5.41 Å². The number of allylic oxidation sites excluding steroid dienone is 1. The van der Waals surface area contributed by atoms with Crippen molar-refractivity contribution in [3.63, 3.8) is 0 Å². The van der Waals surface area contributed by atoms with Crippen molar-refractivity contribution in [1.29, 1.82) is 0 Å². The van der Waals surface area contributed by atoms with Crippen LogP contribution in [0.3, 0.4) is 0 Å². The lowest BCUT2D eigenvalue weighted by atomic mass is 9.78. The van der Waals surface area contributed by atoms with E-state index < -0.39 is 0 Å². The molecule has 23 heavy (non-hydrogen) atoms. The summed E-state index contributed by atoms with van der Waals surface area (Å²) < 4.78 is 0. The highest BCUT2D eigenvalue weighted by molar-refractivity contribution is 7.10. The fourth-order valence-corrected chi connectivity index (χ4v) is 4.26. The van der Waals surface area contributed by atoms with E-state index >= 15 is 0 Å². The molecule has 0 aliphatic heterocycles. The van der Waals surface area contributed by atoms with Crippen molar-refractivity contribution in [2.75, 3.05) is 0 Å². The third kappa shape index (κ3) is 5.35. The second-order valence-electron chi connectivity index (χ2n) is 6.51. The SMILES string of the molecule is C=C(C)C[C@](C)(CCC)c1cc(-c2cccc(C)c2)cs1.CC. The third-order valence-corrected chi connectivity index (χ3v) is 5.28. The number of hydrogen-bond donors (Lipinski definition) is 0. The van der Waals surface area contributed by atoms with Crippen LogP contribution < -0.4 is 0 Å². The zero-order valence-electron chi connectivity index (χ0n) is 15.7. The summed E-state index contributed by atoms with van der Waals surface area (Å²) in [4.78, 5) is 1.49. The molecule has 0 saturated carbocycles. The van der Waals surface area contributed by atoms with E-state index in [1.54, 1.807) is 0 Å². The maximum atomic E-state index is 4.13. The largest absolute Gasteiger partial charge is 0.148 e. The van der Waals surface area contributed by atoms with Crippen molar-refractivity contribution >= 4 is 11.3 Å². The Morgan fingerprint density at radius 3 is 2.43 bits per heavy atom. The zero-order valence-corrected chi connectivity index (χ0v) is 16.5. The van der Waals surface area contributed by atoms with E-state index in [2.05, 4.69) is 70.0 Å². The first-order valence-corrected chi connectivity index (χ1v) is 9.63. The van der Waals surface area contributed by atoms with Crippen LogP contribution in [0.5, 0.6) is 0 Å². The van der Waals surface area contributed by atoms with Gasteiger partial charge in [0.15, 0.2) is 0 Å². The number of rotatable bonds is 6. The number of thiophene rings is 1. The van der Waals surface area contributed by atoms with Gasteiger partial charge < -0.3 is 0 Å². The first-order chi connectivity index (χ1) is 10.9. The van der Waals surface area contributed by atoms with E-state index in [4.69, 9.17) is 0 Å². The van der Waals surface area contributed by atoms with Crippen LogP contribution in [0.15, 0.2) is 47.9 Å². The predicted molar refractivity (Wildman–Crippen MR) is 108 cm³/mol. The lowest BCUT2D eigenvalue weighted by Crippen LogP contribution is -2.20. The van der Waals surface area contributed by atoms with Crippen molar-refractivity contribution in [3.8, 4) is 11.1 Å². The summed E-state index contributed by atoms with van der Waals surface area (Å²) in [5.41, 5.74) is 5.50. The topological polar surface area (TPSA) is 0 Å². The van der Waals surface area contributed by atoms with Gasteiger partial charge in [0.2, 0.25) is 0 Å². The van der Waals surface area contributed by atoms with Gasteiger partial charge in [-0.1, -0.05) is 69.5 Å². The van der Waals surface area contributed by atoms with Gasteiger partial charge in [-0.25, -0.2) is 0 Å². The van der Waals surface area contributed by atoms with Gasteiger partial charge >= 0.3 is 0 Å². The molecule has 0 N–H and O–H groups in total. The Hall–Kier alpha value is -1.34. The van der Waals surface area contributed by atoms with E-state index in [9.17, 15) is 0 Å². The molecular weight excluding hydrogens is 296 g/mol. The minimum absolute atomic E-state index is 0.229. The van der Waals surface area contributed by atoms with Crippen LogP contribution in [0.4, 0.5) is 0 Å². The zero-order chi connectivity index (χ0) is 17.5. The molecule has 0 nitrogen and oxygen atoms in total. The van der Waals surface area contributed by atoms with Gasteiger partial charge in [0.05, 0.1) is 0 Å². The van der Waals surface area contributed by atoms with Crippen LogP contribution in [-0.4, -0.2) is 0 Å². The summed E-state index contributed by atoms with van der Waals surface area (Å²) in [6.45, 7) is 17.1. The summed E-state index contributed by atoms with van der Waals surface area (Å²) in [5, 5.41) is 2.30. The normalized spacial score (nSPS) is 13.0. The van der Waals surface area contributed by atoms with Crippen molar-refractivity contribution in [3.05, 3.63) is 58.3 Å². The highest BCUT2D eigenvalue weighted by Crippen LogP contribution is 2.40. The molecule has 126 valence electrons. The molecule has 1 aromatic heterocycles. The van der Waals surface area contributed by atoms with Crippen LogP contribution in [0.25, 0.3) is 11.1 Å². The van der Waals surface area contributed by atoms with E-state index in [0.29, 0.717) is 0 Å². The molecule has 0 aliphatic rings. The van der Waals surface area contributed by atoms with E-state index in [1.807, 2.05) is 25.2 Å². The molecule has 0 amide bonds. The van der Waals surface area contributed by atoms with Gasteiger partial charge in [0, 0.05) is 10.3 Å². The quantitative estimate of drug-likeness (QED) is 0.475. The number of hydrogen-bond acceptors (Lipinski definition) is 1. The molecule has 1 heteroatoms. The smallest absolute Gasteiger partial charge is 0.0114 e. The Labute approximate surface area is 147 Å². The first kappa shape index (κ1) is 19.7. The van der Waals surface area contributed by atoms with E-state index in [-0.39, 0.29) is 5.41 Å². The number of aryl methyl sites for hydroxylation is 1. The average Bonchev–Trinajstić information content (AvgIpc) is 2.99. The van der Waals surface area contributed by atoms with Crippen molar-refractivity contribution in [2.24, 2.45) is 0 Å². The molecule has 0 unspecified atom stereocenters. The van der Waals surface area contributed by atoms with Crippen molar-refractivity contribution in [1.82, 2.24) is 0 Å².